The second kappa shape index (κ2) is 9.97. The summed E-state index contributed by atoms with van der Waals surface area (Å²) in [6.45, 7) is 6.86. The minimum absolute atomic E-state index is 0.0124. The maximum absolute atomic E-state index is 13.7. The zero-order valence-corrected chi connectivity index (χ0v) is 21.0. The lowest BCUT2D eigenvalue weighted by molar-refractivity contribution is -0.137. The van der Waals surface area contributed by atoms with Crippen LogP contribution in [0.4, 0.5) is 13.2 Å². The maximum Gasteiger partial charge on any atom is 0.416 e. The second-order valence-electron chi connectivity index (χ2n) is 9.86. The number of carbonyl (C=O) groups is 1. The highest BCUT2D eigenvalue weighted by Crippen LogP contribution is 2.30. The first-order valence-corrected chi connectivity index (χ1v) is 12.0. The molecule has 0 saturated carbocycles. The van der Waals surface area contributed by atoms with E-state index in [0.29, 0.717) is 11.1 Å². The minimum atomic E-state index is -4.43. The van der Waals surface area contributed by atoms with E-state index in [9.17, 15) is 18.0 Å². The van der Waals surface area contributed by atoms with Crippen LogP contribution in [0.5, 0.6) is 0 Å². The van der Waals surface area contributed by atoms with Crippen LogP contribution in [0.25, 0.3) is 10.9 Å². The zero-order chi connectivity index (χ0) is 26.1. The highest BCUT2D eigenvalue weighted by Gasteiger charge is 2.30. The lowest BCUT2D eigenvalue weighted by atomic mass is 9.87. The fraction of sp³-hybridized carbons (Fsp3) is 0.286. The summed E-state index contributed by atoms with van der Waals surface area (Å²) in [4.78, 5) is 22.6. The molecule has 0 fully saturated rings. The van der Waals surface area contributed by atoms with Gasteiger partial charge in [-0.3, -0.25) is 4.79 Å². The molecular weight excluding hydrogens is 487 g/mol. The molecule has 188 valence electrons. The Kier molecular flexibility index (Phi) is 7.14. The number of benzene rings is 2. The van der Waals surface area contributed by atoms with Crippen molar-refractivity contribution in [1.82, 2.24) is 14.9 Å². The van der Waals surface area contributed by atoms with E-state index >= 15 is 0 Å². The number of halogens is 4. The normalized spacial score (nSPS) is 12.2. The summed E-state index contributed by atoms with van der Waals surface area (Å²) in [5.41, 5.74) is 2.59. The molecule has 0 aliphatic rings. The number of fused-ring (bicyclic) bond motifs is 1. The highest BCUT2D eigenvalue weighted by molar-refractivity contribution is 6.30. The van der Waals surface area contributed by atoms with Gasteiger partial charge in [-0.2, -0.15) is 13.2 Å². The molecule has 0 atom stereocenters. The van der Waals surface area contributed by atoms with Crippen LogP contribution < -0.4 is 0 Å². The minimum Gasteiger partial charge on any atom is -0.359 e. The third-order valence-corrected chi connectivity index (χ3v) is 6.31. The lowest BCUT2D eigenvalue weighted by Crippen LogP contribution is -2.33. The van der Waals surface area contributed by atoms with Gasteiger partial charge in [-0.25, -0.2) is 4.98 Å². The van der Waals surface area contributed by atoms with E-state index in [1.165, 1.54) is 6.07 Å². The summed E-state index contributed by atoms with van der Waals surface area (Å²) >= 11 is 6.18. The summed E-state index contributed by atoms with van der Waals surface area (Å²) in [6, 6.07) is 16.7. The monoisotopic (exact) mass is 513 g/mol. The van der Waals surface area contributed by atoms with Gasteiger partial charge in [-0.05, 0) is 46.7 Å². The smallest absolute Gasteiger partial charge is 0.359 e. The van der Waals surface area contributed by atoms with E-state index in [1.807, 2.05) is 24.3 Å². The topological polar surface area (TPSA) is 49.0 Å². The molecule has 0 aliphatic carbocycles. The Bertz CT molecular complexity index is 1370. The first kappa shape index (κ1) is 25.8. The van der Waals surface area contributed by atoms with E-state index in [-0.39, 0.29) is 41.7 Å². The summed E-state index contributed by atoms with van der Waals surface area (Å²) in [6.07, 6.45) is -2.47. The number of carbonyl (C=O) groups excluding carboxylic acids is 1. The van der Waals surface area contributed by atoms with Gasteiger partial charge in [-0.1, -0.05) is 74.8 Å². The first-order valence-electron chi connectivity index (χ1n) is 11.6. The van der Waals surface area contributed by atoms with Crippen LogP contribution in [0.3, 0.4) is 0 Å². The van der Waals surface area contributed by atoms with Crippen LogP contribution >= 0.6 is 11.6 Å². The summed E-state index contributed by atoms with van der Waals surface area (Å²) < 4.78 is 39.6. The van der Waals surface area contributed by atoms with Gasteiger partial charge in [0.05, 0.1) is 11.1 Å². The molecule has 0 spiro atoms. The largest absolute Gasteiger partial charge is 0.416 e. The van der Waals surface area contributed by atoms with Crippen LogP contribution in [0.15, 0.2) is 66.9 Å². The molecule has 2 aromatic heterocycles. The number of aromatic nitrogens is 2. The number of alkyl halides is 3. The van der Waals surface area contributed by atoms with E-state index in [4.69, 9.17) is 11.6 Å². The number of amides is 1. The third kappa shape index (κ3) is 5.90. The fourth-order valence-corrected chi connectivity index (χ4v) is 4.29. The number of hydrogen-bond acceptors (Lipinski definition) is 2. The molecule has 2 heterocycles. The molecular formula is C28H27ClF3N3O. The predicted molar refractivity (Wildman–Crippen MR) is 136 cm³/mol. The van der Waals surface area contributed by atoms with Gasteiger partial charge >= 0.3 is 6.18 Å². The van der Waals surface area contributed by atoms with Crippen molar-refractivity contribution < 1.29 is 18.0 Å². The molecule has 8 heteroatoms. The molecule has 1 N–H and O–H groups in total. The molecule has 2 aromatic carbocycles. The number of H-pyrrole nitrogens is 1. The van der Waals surface area contributed by atoms with Gasteiger partial charge < -0.3 is 9.88 Å². The number of nitrogens with one attached hydrogen (secondary N) is 1. The van der Waals surface area contributed by atoms with Crippen molar-refractivity contribution in [2.75, 3.05) is 6.54 Å². The molecule has 0 radical (unpaired) electrons. The molecule has 0 unspecified atom stereocenters. The molecule has 4 nitrogen and oxygen atoms in total. The number of rotatable bonds is 6. The van der Waals surface area contributed by atoms with Crippen LogP contribution in [-0.4, -0.2) is 27.3 Å². The highest BCUT2D eigenvalue weighted by atomic mass is 35.5. The van der Waals surface area contributed by atoms with Gasteiger partial charge in [0.25, 0.3) is 5.91 Å². The van der Waals surface area contributed by atoms with E-state index in [2.05, 4.69) is 30.7 Å². The first-order chi connectivity index (χ1) is 16.9. The Labute approximate surface area is 213 Å². The van der Waals surface area contributed by atoms with Gasteiger partial charge in [0, 0.05) is 24.7 Å². The van der Waals surface area contributed by atoms with E-state index in [1.54, 1.807) is 29.3 Å². The van der Waals surface area contributed by atoms with Crippen molar-refractivity contribution >= 4 is 28.4 Å². The average molecular weight is 514 g/mol. The lowest BCUT2D eigenvalue weighted by Gasteiger charge is -2.24. The molecule has 0 aliphatic heterocycles. The Morgan fingerprint density at radius 2 is 1.69 bits per heavy atom. The number of nitrogens with zero attached hydrogens (tertiary/aromatic N) is 2. The van der Waals surface area contributed by atoms with Crippen LogP contribution in [0.1, 0.15) is 53.5 Å². The molecule has 1 amide bonds. The van der Waals surface area contributed by atoms with E-state index in [0.717, 1.165) is 28.6 Å². The fourth-order valence-electron chi connectivity index (χ4n) is 4.08. The van der Waals surface area contributed by atoms with Crippen molar-refractivity contribution in [3.63, 3.8) is 0 Å². The Morgan fingerprint density at radius 3 is 2.36 bits per heavy atom. The molecule has 4 aromatic rings. The quantitative estimate of drug-likeness (QED) is 0.273. The average Bonchev–Trinajstić information content (AvgIpc) is 3.28. The van der Waals surface area contributed by atoms with Gasteiger partial charge in [-0.15, -0.1) is 0 Å². The molecule has 0 bridgehead atoms. The summed E-state index contributed by atoms with van der Waals surface area (Å²) in [7, 11) is 0. The number of pyridine rings is 1. The Hall–Kier alpha value is -3.32. The molecule has 0 saturated heterocycles. The van der Waals surface area contributed by atoms with Crippen LogP contribution in [-0.2, 0) is 24.6 Å². The Balaban J connectivity index is 1.64. The van der Waals surface area contributed by atoms with Gasteiger partial charge in [0.15, 0.2) is 5.69 Å². The number of aromatic amines is 1. The van der Waals surface area contributed by atoms with Crippen molar-refractivity contribution in [2.45, 2.75) is 45.3 Å². The second-order valence-corrected chi connectivity index (χ2v) is 10.2. The standard InChI is InChI=1S/C28H27ClF3N3O/c1-27(2,3)21-9-7-19(8-10-21)17-35(14-12-18-5-4-6-22(15-18)28(30,31)32)26(36)25-24-20(11-13-33-24)16-23(29)34-25/h4-11,13,15-16,33H,12,14,17H2,1-3H3. The summed E-state index contributed by atoms with van der Waals surface area (Å²) in [5, 5.41) is 0.948. The Morgan fingerprint density at radius 1 is 0.972 bits per heavy atom. The van der Waals surface area contributed by atoms with Gasteiger partial charge in [0.1, 0.15) is 5.15 Å². The van der Waals surface area contributed by atoms with Crippen molar-refractivity contribution in [3.05, 3.63) is 100.0 Å². The predicted octanol–water partition coefficient (Wildman–Crippen LogP) is 7.42. The van der Waals surface area contributed by atoms with Gasteiger partial charge in [0.2, 0.25) is 0 Å². The zero-order valence-electron chi connectivity index (χ0n) is 20.3. The SMILES string of the molecule is CC(C)(C)c1ccc(CN(CCc2cccc(C(F)(F)F)c2)C(=O)c2nc(Cl)cc3cc[nH]c23)cc1. The number of hydrogen-bond donors (Lipinski definition) is 1. The third-order valence-electron chi connectivity index (χ3n) is 6.12. The molecule has 4 rings (SSSR count). The van der Waals surface area contributed by atoms with E-state index < -0.39 is 11.7 Å². The summed E-state index contributed by atoms with van der Waals surface area (Å²) in [5.74, 6) is -0.350. The van der Waals surface area contributed by atoms with Crippen LogP contribution in [0, 0.1) is 0 Å². The van der Waals surface area contributed by atoms with Crippen LogP contribution in [0.2, 0.25) is 5.15 Å². The van der Waals surface area contributed by atoms with Crippen molar-refractivity contribution in [3.8, 4) is 0 Å². The molecule has 36 heavy (non-hydrogen) atoms. The van der Waals surface area contributed by atoms with Crippen molar-refractivity contribution in [2.24, 2.45) is 0 Å². The van der Waals surface area contributed by atoms with Crippen molar-refractivity contribution in [1.29, 1.82) is 0 Å². The maximum atomic E-state index is 13.7.